The van der Waals surface area contributed by atoms with Crippen LogP contribution in [-0.2, 0) is 19.6 Å². The van der Waals surface area contributed by atoms with Crippen molar-refractivity contribution >= 4 is 11.5 Å². The number of anilines is 1. The predicted molar refractivity (Wildman–Crippen MR) is 126 cm³/mol. The molecule has 4 heterocycles. The van der Waals surface area contributed by atoms with Crippen molar-refractivity contribution < 1.29 is 5.11 Å². The number of hydrogen-bond acceptors (Lipinski definition) is 6. The van der Waals surface area contributed by atoms with Gasteiger partial charge in [-0.25, -0.2) is 4.98 Å². The van der Waals surface area contributed by atoms with Crippen molar-refractivity contribution in [1.29, 1.82) is 0 Å². The van der Waals surface area contributed by atoms with E-state index in [9.17, 15) is 5.11 Å². The van der Waals surface area contributed by atoms with Crippen LogP contribution in [0.2, 0.25) is 0 Å². The maximum absolute atomic E-state index is 9.85. The molecule has 0 radical (unpaired) electrons. The van der Waals surface area contributed by atoms with Crippen LogP contribution in [0.4, 0.5) is 5.82 Å². The molecule has 1 aliphatic rings. The first-order valence-corrected chi connectivity index (χ1v) is 11.3. The Hall–Kier alpha value is -2.48. The van der Waals surface area contributed by atoms with Crippen molar-refractivity contribution in [3.8, 4) is 0 Å². The van der Waals surface area contributed by atoms with Crippen molar-refractivity contribution in [2.24, 2.45) is 0 Å². The van der Waals surface area contributed by atoms with Gasteiger partial charge in [-0.15, -0.1) is 0 Å². The van der Waals surface area contributed by atoms with Crippen LogP contribution in [0.25, 0.3) is 5.65 Å². The third-order valence-electron chi connectivity index (χ3n) is 5.62. The van der Waals surface area contributed by atoms with Crippen LogP contribution < -0.4 is 10.2 Å². The Kier molecular flexibility index (Phi) is 8.82. The fourth-order valence-electron chi connectivity index (χ4n) is 4.02. The summed E-state index contributed by atoms with van der Waals surface area (Å²) in [6, 6.07) is 12.2. The maximum atomic E-state index is 9.85. The topological polar surface area (TPSA) is 68.9 Å². The second kappa shape index (κ2) is 11.8. The van der Waals surface area contributed by atoms with E-state index < -0.39 is 0 Å². The number of pyridine rings is 2. The van der Waals surface area contributed by atoms with E-state index in [1.165, 1.54) is 13.0 Å². The largest absolute Gasteiger partial charge is 0.390 e. The molecule has 168 valence electrons. The minimum Gasteiger partial charge on any atom is -0.390 e. The zero-order valence-electron chi connectivity index (χ0n) is 19.1. The summed E-state index contributed by atoms with van der Waals surface area (Å²) in [6.45, 7) is 10.4. The van der Waals surface area contributed by atoms with E-state index in [4.69, 9.17) is 0 Å². The van der Waals surface area contributed by atoms with Crippen molar-refractivity contribution in [3.63, 3.8) is 0 Å². The highest BCUT2D eigenvalue weighted by molar-refractivity contribution is 5.55. The number of hydrogen-bond donors (Lipinski definition) is 2. The van der Waals surface area contributed by atoms with Crippen LogP contribution in [0.1, 0.15) is 37.4 Å². The van der Waals surface area contributed by atoms with Gasteiger partial charge in [-0.1, -0.05) is 26.0 Å². The smallest absolute Gasteiger partial charge is 0.138 e. The maximum Gasteiger partial charge on any atom is 0.138 e. The van der Waals surface area contributed by atoms with Crippen molar-refractivity contribution in [2.75, 3.05) is 44.7 Å². The molecule has 1 fully saturated rings. The molecule has 0 atom stereocenters. The number of aliphatic hydroxyl groups excluding tert-OH is 1. The van der Waals surface area contributed by atoms with Gasteiger partial charge >= 0.3 is 0 Å². The van der Waals surface area contributed by atoms with Crippen LogP contribution in [-0.4, -0.2) is 64.1 Å². The normalized spacial score (nSPS) is 14.5. The Morgan fingerprint density at radius 2 is 1.84 bits per heavy atom. The second-order valence-corrected chi connectivity index (χ2v) is 7.77. The number of nitrogens with zero attached hydrogens (tertiary/aromatic N) is 5. The Bertz CT molecular complexity index is 918. The molecule has 0 unspecified atom stereocenters. The zero-order valence-corrected chi connectivity index (χ0v) is 19.1. The zero-order chi connectivity index (χ0) is 22.1. The number of fused-ring (bicyclic) bond motifs is 1. The Morgan fingerprint density at radius 3 is 2.42 bits per heavy atom. The summed E-state index contributed by atoms with van der Waals surface area (Å²) >= 11 is 0. The third-order valence-corrected chi connectivity index (χ3v) is 5.62. The number of nitrogens with one attached hydrogen (secondary N) is 1. The van der Waals surface area contributed by atoms with Crippen molar-refractivity contribution in [2.45, 2.75) is 39.8 Å². The van der Waals surface area contributed by atoms with Gasteiger partial charge in [-0.05, 0) is 50.7 Å². The number of imidazole rings is 1. The van der Waals surface area contributed by atoms with E-state index in [0.29, 0.717) is 6.54 Å². The molecule has 3 aromatic rings. The van der Waals surface area contributed by atoms with Gasteiger partial charge in [0.25, 0.3) is 0 Å². The first kappa shape index (κ1) is 23.2. The van der Waals surface area contributed by atoms with Crippen LogP contribution in [0.5, 0.6) is 0 Å². The predicted octanol–water partition coefficient (Wildman–Crippen LogP) is 2.72. The Labute approximate surface area is 185 Å². The molecule has 4 rings (SSSR count). The number of aliphatic hydroxyl groups is 1. The van der Waals surface area contributed by atoms with Crippen LogP contribution in [0.3, 0.4) is 0 Å². The van der Waals surface area contributed by atoms with Crippen molar-refractivity contribution in [3.05, 3.63) is 59.7 Å². The molecule has 0 bridgehead atoms. The van der Waals surface area contributed by atoms with E-state index in [0.717, 1.165) is 61.1 Å². The van der Waals surface area contributed by atoms with Crippen LogP contribution in [0.15, 0.2) is 42.6 Å². The Balaban J connectivity index is 0.000000287. The molecule has 0 aromatic carbocycles. The molecule has 7 heteroatoms. The second-order valence-electron chi connectivity index (χ2n) is 7.77. The standard InChI is InChI=1S/C17H27N5O.C7H9N/c1-3-7-20-8-10-21(11-9-20)17-6-4-5-16-19-14(12-18-2)15(13-23)22(16)17;1-2-7-5-3-4-6-8-7/h4-6,18,23H,3,7-13H2,1-2H3;3-6H,2H2,1H3. The van der Waals surface area contributed by atoms with E-state index in [2.05, 4.69) is 55.5 Å². The van der Waals surface area contributed by atoms with Crippen LogP contribution >= 0.6 is 0 Å². The van der Waals surface area contributed by atoms with E-state index in [-0.39, 0.29) is 6.61 Å². The molecule has 2 N–H and O–H groups in total. The van der Waals surface area contributed by atoms with Crippen LogP contribution in [0, 0.1) is 0 Å². The highest BCUT2D eigenvalue weighted by Gasteiger charge is 2.21. The quantitative estimate of drug-likeness (QED) is 0.608. The number of aromatic nitrogens is 3. The summed E-state index contributed by atoms with van der Waals surface area (Å²) in [5.74, 6) is 1.14. The molecule has 0 spiro atoms. The number of aryl methyl sites for hydroxylation is 1. The monoisotopic (exact) mass is 424 g/mol. The molecule has 0 aliphatic carbocycles. The van der Waals surface area contributed by atoms with Gasteiger partial charge in [0.05, 0.1) is 18.0 Å². The van der Waals surface area contributed by atoms with E-state index in [1.54, 1.807) is 0 Å². The molecule has 0 saturated carbocycles. The van der Waals surface area contributed by atoms with E-state index >= 15 is 0 Å². The van der Waals surface area contributed by atoms with Crippen molar-refractivity contribution in [1.82, 2.24) is 24.6 Å². The molecule has 0 amide bonds. The third kappa shape index (κ3) is 5.81. The van der Waals surface area contributed by atoms with Gasteiger partial charge in [0.15, 0.2) is 0 Å². The SMILES string of the molecule is CCCN1CCN(c2cccc3nc(CNC)c(CO)n23)CC1.CCc1ccccn1. The van der Waals surface area contributed by atoms with Gasteiger partial charge in [-0.2, -0.15) is 0 Å². The lowest BCUT2D eigenvalue weighted by Gasteiger charge is -2.36. The fourth-order valence-corrected chi connectivity index (χ4v) is 4.02. The molecule has 1 saturated heterocycles. The lowest BCUT2D eigenvalue weighted by molar-refractivity contribution is 0.257. The highest BCUT2D eigenvalue weighted by atomic mass is 16.3. The summed E-state index contributed by atoms with van der Waals surface area (Å²) in [7, 11) is 1.90. The highest BCUT2D eigenvalue weighted by Crippen LogP contribution is 2.23. The summed E-state index contributed by atoms with van der Waals surface area (Å²) in [5, 5.41) is 13.0. The van der Waals surface area contributed by atoms with Gasteiger partial charge in [0.2, 0.25) is 0 Å². The molecule has 1 aliphatic heterocycles. The molecule has 7 nitrogen and oxygen atoms in total. The molecule has 3 aromatic heterocycles. The number of rotatable bonds is 7. The fraction of sp³-hybridized carbons (Fsp3) is 0.500. The summed E-state index contributed by atoms with van der Waals surface area (Å²) in [4.78, 5) is 13.7. The molecule has 31 heavy (non-hydrogen) atoms. The van der Waals surface area contributed by atoms with Gasteiger partial charge < -0.3 is 15.3 Å². The molecular formula is C24H36N6O. The summed E-state index contributed by atoms with van der Waals surface area (Å²) in [5.41, 5.74) is 3.88. The average molecular weight is 425 g/mol. The van der Waals surface area contributed by atoms with E-state index in [1.807, 2.05) is 37.5 Å². The average Bonchev–Trinajstić information content (AvgIpc) is 3.18. The number of piperazine rings is 1. The summed E-state index contributed by atoms with van der Waals surface area (Å²) < 4.78 is 2.11. The lowest BCUT2D eigenvalue weighted by atomic mass is 10.2. The first-order chi connectivity index (χ1) is 15.2. The summed E-state index contributed by atoms with van der Waals surface area (Å²) in [6.07, 6.45) is 4.05. The van der Waals surface area contributed by atoms with Gasteiger partial charge in [0.1, 0.15) is 11.5 Å². The van der Waals surface area contributed by atoms with Gasteiger partial charge in [0, 0.05) is 44.6 Å². The first-order valence-electron chi connectivity index (χ1n) is 11.3. The Morgan fingerprint density at radius 1 is 1.03 bits per heavy atom. The molecular weight excluding hydrogens is 388 g/mol. The minimum absolute atomic E-state index is 0.00495. The minimum atomic E-state index is 0.00495. The van der Waals surface area contributed by atoms with Gasteiger partial charge in [-0.3, -0.25) is 14.3 Å². The lowest BCUT2D eigenvalue weighted by Crippen LogP contribution is -2.47.